The van der Waals surface area contributed by atoms with Crippen molar-refractivity contribution in [3.8, 4) is 5.75 Å². The van der Waals surface area contributed by atoms with Crippen LogP contribution in [-0.4, -0.2) is 6.61 Å². The lowest BCUT2D eigenvalue weighted by Crippen LogP contribution is -2.56. The van der Waals surface area contributed by atoms with Gasteiger partial charge in [0.25, 0.3) is 0 Å². The predicted octanol–water partition coefficient (Wildman–Crippen LogP) is 5.18. The summed E-state index contributed by atoms with van der Waals surface area (Å²) in [4.78, 5) is 1.36. The number of ether oxygens (including phenoxy) is 1. The maximum Gasteiger partial charge on any atom is 0.123 e. The van der Waals surface area contributed by atoms with Crippen molar-refractivity contribution in [2.24, 2.45) is 5.41 Å². The molecule has 21 heavy (non-hydrogen) atoms. The lowest BCUT2D eigenvalue weighted by atomic mass is 9.57. The summed E-state index contributed by atoms with van der Waals surface area (Å²) < 4.78 is 6.24. The summed E-state index contributed by atoms with van der Waals surface area (Å²) in [5.74, 6) is 1.08. The highest BCUT2D eigenvalue weighted by atomic mass is 32.2. The van der Waals surface area contributed by atoms with Crippen molar-refractivity contribution < 1.29 is 4.74 Å². The van der Waals surface area contributed by atoms with Crippen LogP contribution in [0.1, 0.15) is 30.9 Å². The van der Waals surface area contributed by atoms with Gasteiger partial charge in [0.15, 0.2) is 0 Å². The second-order valence-corrected chi connectivity index (χ2v) is 7.96. The molecular formula is C19H20OS. The maximum atomic E-state index is 6.06. The minimum absolute atomic E-state index is 0.175. The second kappa shape index (κ2) is 4.54. The van der Waals surface area contributed by atoms with Gasteiger partial charge < -0.3 is 4.74 Å². The van der Waals surface area contributed by atoms with E-state index in [1.165, 1.54) is 28.9 Å². The highest BCUT2D eigenvalue weighted by Gasteiger charge is 2.61. The van der Waals surface area contributed by atoms with Gasteiger partial charge in [-0.2, -0.15) is 0 Å². The Morgan fingerprint density at radius 2 is 1.86 bits per heavy atom. The standard InChI is InChI=1S/C19H20OS/c1-14-8-9-17-16(12-14)19(11-10-18(19,2)13-20-17)21-15-6-4-3-5-7-15/h3-9,12H,10-11,13H2,1-2H3. The van der Waals surface area contributed by atoms with Crippen molar-refractivity contribution in [2.75, 3.05) is 6.61 Å². The van der Waals surface area contributed by atoms with Crippen LogP contribution in [0.3, 0.4) is 0 Å². The minimum Gasteiger partial charge on any atom is -0.493 e. The lowest BCUT2D eigenvalue weighted by molar-refractivity contribution is 0.00176. The van der Waals surface area contributed by atoms with E-state index in [0.717, 1.165) is 12.4 Å². The molecule has 0 amide bonds. The first-order chi connectivity index (χ1) is 10.1. The summed E-state index contributed by atoms with van der Waals surface area (Å²) in [6.45, 7) is 5.40. The van der Waals surface area contributed by atoms with Crippen molar-refractivity contribution in [3.63, 3.8) is 0 Å². The largest absolute Gasteiger partial charge is 0.493 e. The molecule has 1 aliphatic carbocycles. The fraction of sp³-hybridized carbons (Fsp3) is 0.368. The van der Waals surface area contributed by atoms with Crippen molar-refractivity contribution in [3.05, 3.63) is 59.7 Å². The van der Waals surface area contributed by atoms with Crippen molar-refractivity contribution in [1.82, 2.24) is 0 Å². The lowest BCUT2D eigenvalue weighted by Gasteiger charge is -2.60. The molecule has 2 unspecified atom stereocenters. The fourth-order valence-corrected chi connectivity index (χ4v) is 5.25. The number of rotatable bonds is 2. The normalized spacial score (nSPS) is 29.8. The number of hydrogen-bond acceptors (Lipinski definition) is 2. The van der Waals surface area contributed by atoms with Gasteiger partial charge in [-0.15, -0.1) is 11.8 Å². The minimum atomic E-state index is 0.175. The summed E-state index contributed by atoms with van der Waals surface area (Å²) in [7, 11) is 0. The first-order valence-corrected chi connectivity index (χ1v) is 8.43. The molecule has 0 saturated heterocycles. The average molecular weight is 296 g/mol. The van der Waals surface area contributed by atoms with Crippen molar-refractivity contribution in [1.29, 1.82) is 0 Å². The average Bonchev–Trinajstić information content (AvgIpc) is 2.50. The summed E-state index contributed by atoms with van der Waals surface area (Å²) in [6, 6.07) is 17.4. The van der Waals surface area contributed by atoms with Gasteiger partial charge in [0.2, 0.25) is 0 Å². The Morgan fingerprint density at radius 3 is 2.57 bits per heavy atom. The van der Waals surface area contributed by atoms with Crippen LogP contribution in [0, 0.1) is 12.3 Å². The molecule has 1 fully saturated rings. The zero-order valence-electron chi connectivity index (χ0n) is 12.6. The van der Waals surface area contributed by atoms with Crippen LogP contribution in [0.2, 0.25) is 0 Å². The molecule has 0 N–H and O–H groups in total. The second-order valence-electron chi connectivity index (χ2n) is 6.59. The molecule has 4 rings (SSSR count). The van der Waals surface area contributed by atoms with Gasteiger partial charge in [0.05, 0.1) is 11.4 Å². The fourth-order valence-electron chi connectivity index (χ4n) is 3.67. The van der Waals surface area contributed by atoms with Gasteiger partial charge >= 0.3 is 0 Å². The highest BCUT2D eigenvalue weighted by Crippen LogP contribution is 2.69. The SMILES string of the molecule is Cc1ccc2c(c1)C1(Sc3ccccc3)CCC1(C)CO2. The van der Waals surface area contributed by atoms with E-state index < -0.39 is 0 Å². The first kappa shape index (κ1) is 13.3. The molecule has 1 nitrogen and oxygen atoms in total. The number of fused-ring (bicyclic) bond motifs is 3. The van der Waals surface area contributed by atoms with Gasteiger partial charge in [-0.3, -0.25) is 0 Å². The summed E-state index contributed by atoms with van der Waals surface area (Å²) >= 11 is 2.03. The van der Waals surface area contributed by atoms with Crippen molar-refractivity contribution in [2.45, 2.75) is 36.3 Å². The third-order valence-corrected chi connectivity index (χ3v) is 6.93. The molecule has 2 aromatic rings. The summed E-state index contributed by atoms with van der Waals surface area (Å²) in [5, 5.41) is 0. The zero-order chi connectivity index (χ0) is 14.5. The van der Waals surface area contributed by atoms with E-state index in [0.29, 0.717) is 0 Å². The van der Waals surface area contributed by atoms with E-state index >= 15 is 0 Å². The molecule has 1 heterocycles. The molecule has 2 heteroatoms. The van der Waals surface area contributed by atoms with Gasteiger partial charge in [-0.05, 0) is 38.0 Å². The van der Waals surface area contributed by atoms with Gasteiger partial charge in [0, 0.05) is 15.9 Å². The maximum absolute atomic E-state index is 6.06. The molecule has 0 bridgehead atoms. The Morgan fingerprint density at radius 1 is 1.05 bits per heavy atom. The Hall–Kier alpha value is -1.41. The van der Waals surface area contributed by atoms with Gasteiger partial charge in [-0.25, -0.2) is 0 Å². The molecular weight excluding hydrogens is 276 g/mol. The zero-order valence-corrected chi connectivity index (χ0v) is 13.4. The number of aryl methyl sites for hydroxylation is 1. The molecule has 2 atom stereocenters. The smallest absolute Gasteiger partial charge is 0.123 e. The predicted molar refractivity (Wildman–Crippen MR) is 88.0 cm³/mol. The number of thioether (sulfide) groups is 1. The quantitative estimate of drug-likeness (QED) is 0.755. The third kappa shape index (κ3) is 1.85. The van der Waals surface area contributed by atoms with Crippen LogP contribution in [-0.2, 0) is 4.75 Å². The number of hydrogen-bond donors (Lipinski definition) is 0. The molecule has 0 spiro atoms. The third-order valence-electron chi connectivity index (χ3n) is 5.16. The Kier molecular flexibility index (Phi) is 2.87. The van der Waals surface area contributed by atoms with Gasteiger partial charge in [-0.1, -0.05) is 42.8 Å². The van der Waals surface area contributed by atoms with E-state index in [-0.39, 0.29) is 10.2 Å². The van der Waals surface area contributed by atoms with Gasteiger partial charge in [0.1, 0.15) is 5.75 Å². The Labute approximate surface area is 130 Å². The first-order valence-electron chi connectivity index (χ1n) is 7.61. The molecule has 0 radical (unpaired) electrons. The summed E-state index contributed by atoms with van der Waals surface area (Å²) in [6.07, 6.45) is 2.49. The van der Waals surface area contributed by atoms with E-state index in [1.807, 2.05) is 11.8 Å². The molecule has 0 aromatic heterocycles. The van der Waals surface area contributed by atoms with Crippen LogP contribution in [0.15, 0.2) is 53.4 Å². The molecule has 1 aliphatic heterocycles. The van der Waals surface area contributed by atoms with Crippen LogP contribution in [0.4, 0.5) is 0 Å². The van der Waals surface area contributed by atoms with E-state index in [4.69, 9.17) is 4.74 Å². The topological polar surface area (TPSA) is 9.23 Å². The Balaban J connectivity index is 1.84. The van der Waals surface area contributed by atoms with E-state index in [9.17, 15) is 0 Å². The monoisotopic (exact) mass is 296 g/mol. The van der Waals surface area contributed by atoms with Crippen molar-refractivity contribution >= 4 is 11.8 Å². The molecule has 2 aromatic carbocycles. The Bertz CT molecular complexity index is 681. The van der Waals surface area contributed by atoms with Crippen LogP contribution < -0.4 is 4.74 Å². The van der Waals surface area contributed by atoms with Crippen LogP contribution >= 0.6 is 11.8 Å². The van der Waals surface area contributed by atoms with Crippen LogP contribution in [0.5, 0.6) is 5.75 Å². The van der Waals surface area contributed by atoms with E-state index in [1.54, 1.807) is 0 Å². The highest BCUT2D eigenvalue weighted by molar-refractivity contribution is 8.00. The number of benzene rings is 2. The molecule has 108 valence electrons. The van der Waals surface area contributed by atoms with Crippen LogP contribution in [0.25, 0.3) is 0 Å². The molecule has 2 aliphatic rings. The summed E-state index contributed by atoms with van der Waals surface area (Å²) in [5.41, 5.74) is 2.96. The van der Waals surface area contributed by atoms with E-state index in [2.05, 4.69) is 62.4 Å². The molecule has 1 saturated carbocycles.